The summed E-state index contributed by atoms with van der Waals surface area (Å²) in [6, 6.07) is 6.39. The molecule has 1 aromatic carbocycles. The smallest absolute Gasteiger partial charge is 0.341 e. The first-order valence-corrected chi connectivity index (χ1v) is 10.1. The Morgan fingerprint density at radius 2 is 1.93 bits per heavy atom. The lowest BCUT2D eigenvalue weighted by molar-refractivity contribution is 0.0695. The maximum Gasteiger partial charge on any atom is 0.341 e. The van der Waals surface area contributed by atoms with Crippen LogP contribution in [0, 0.1) is 6.92 Å². The monoisotopic (exact) mass is 449 g/mol. The normalized spacial score (nSPS) is 11.2. The first-order valence-electron chi connectivity index (χ1n) is 9.34. The van der Waals surface area contributed by atoms with Gasteiger partial charge in [0.2, 0.25) is 11.3 Å². The zero-order valence-electron chi connectivity index (χ0n) is 16.9. The van der Waals surface area contributed by atoms with E-state index in [0.717, 1.165) is 0 Å². The summed E-state index contributed by atoms with van der Waals surface area (Å²) in [4.78, 5) is 25.5. The lowest BCUT2D eigenvalue weighted by Gasteiger charge is -2.21. The van der Waals surface area contributed by atoms with Gasteiger partial charge in [-0.1, -0.05) is 29.3 Å². The Morgan fingerprint density at radius 3 is 2.50 bits per heavy atom. The predicted octanol–water partition coefficient (Wildman–Crippen LogP) is 4.82. The van der Waals surface area contributed by atoms with Crippen LogP contribution in [-0.4, -0.2) is 31.5 Å². The van der Waals surface area contributed by atoms with E-state index in [2.05, 4.69) is 5.10 Å². The Hall–Kier alpha value is -2.77. The maximum absolute atomic E-state index is 13.3. The lowest BCUT2D eigenvalue weighted by Crippen LogP contribution is -2.28. The van der Waals surface area contributed by atoms with Gasteiger partial charge < -0.3 is 14.4 Å². The molecule has 0 saturated carbocycles. The molecule has 0 aliphatic heterocycles. The van der Waals surface area contributed by atoms with Crippen LogP contribution in [0.5, 0.6) is 5.88 Å². The number of nitrogens with zero attached hydrogens (tertiary/aromatic N) is 3. The fourth-order valence-corrected chi connectivity index (χ4v) is 3.66. The van der Waals surface area contributed by atoms with Gasteiger partial charge in [-0.15, -0.1) is 5.10 Å². The summed E-state index contributed by atoms with van der Waals surface area (Å²) in [5, 5.41) is 14.8. The molecule has 0 amide bonds. The lowest BCUT2D eigenvalue weighted by atomic mass is 10.0. The van der Waals surface area contributed by atoms with Gasteiger partial charge in [0.05, 0.1) is 21.8 Å². The summed E-state index contributed by atoms with van der Waals surface area (Å²) in [5.41, 5.74) is 0.451. The van der Waals surface area contributed by atoms with Crippen LogP contribution in [-0.2, 0) is 6.54 Å². The molecule has 0 aliphatic carbocycles. The highest BCUT2D eigenvalue weighted by molar-refractivity contribution is 6.42. The molecule has 7 nitrogen and oxygen atoms in total. The molecule has 3 rings (SSSR count). The summed E-state index contributed by atoms with van der Waals surface area (Å²) in [5.74, 6) is -0.993. The van der Waals surface area contributed by atoms with Gasteiger partial charge in [-0.2, -0.15) is 0 Å². The van der Waals surface area contributed by atoms with Gasteiger partial charge in [-0.05, 0) is 39.8 Å². The summed E-state index contributed by atoms with van der Waals surface area (Å²) in [6.45, 7) is 7.76. The van der Waals surface area contributed by atoms with Crippen LogP contribution < -0.4 is 10.2 Å². The van der Waals surface area contributed by atoms with E-state index in [4.69, 9.17) is 27.9 Å². The number of aromatic nitrogens is 3. The summed E-state index contributed by atoms with van der Waals surface area (Å²) < 4.78 is 8.67. The number of carboxylic acid groups (broad SMARTS) is 1. The fraction of sp³-hybridized carbons (Fsp3) is 0.286. The molecule has 0 spiro atoms. The molecule has 0 aliphatic rings. The second-order valence-corrected chi connectivity index (χ2v) is 7.74. The fourth-order valence-electron chi connectivity index (χ4n) is 3.36. The van der Waals surface area contributed by atoms with E-state index in [0.29, 0.717) is 28.7 Å². The van der Waals surface area contributed by atoms with Crippen LogP contribution in [0.4, 0.5) is 0 Å². The van der Waals surface area contributed by atoms with E-state index in [1.807, 2.05) is 20.8 Å². The Balaban J connectivity index is 2.34. The van der Waals surface area contributed by atoms with Crippen LogP contribution >= 0.6 is 23.2 Å². The molecule has 1 N–H and O–H groups in total. The molecule has 3 aromatic rings. The Bertz CT molecular complexity index is 1180. The van der Waals surface area contributed by atoms with Crippen molar-refractivity contribution in [3.05, 3.63) is 62.0 Å². The maximum atomic E-state index is 13.3. The highest BCUT2D eigenvalue weighted by Gasteiger charge is 2.26. The van der Waals surface area contributed by atoms with Crippen LogP contribution in [0.25, 0.3) is 16.9 Å². The van der Waals surface area contributed by atoms with Crippen molar-refractivity contribution >= 4 is 29.2 Å². The van der Waals surface area contributed by atoms with Crippen molar-refractivity contribution in [1.29, 1.82) is 0 Å². The highest BCUT2D eigenvalue weighted by Crippen LogP contribution is 2.31. The van der Waals surface area contributed by atoms with Gasteiger partial charge in [-0.25, -0.2) is 9.48 Å². The number of pyridine rings is 1. The number of carboxylic acids is 1. The Labute approximate surface area is 183 Å². The minimum Gasteiger partial charge on any atom is -0.477 e. The van der Waals surface area contributed by atoms with E-state index >= 15 is 0 Å². The number of benzene rings is 1. The van der Waals surface area contributed by atoms with Crippen molar-refractivity contribution < 1.29 is 14.6 Å². The summed E-state index contributed by atoms with van der Waals surface area (Å²) >= 11 is 12.2. The molecule has 0 atom stereocenters. The molecule has 0 bridgehead atoms. The van der Waals surface area contributed by atoms with Gasteiger partial charge in [0.25, 0.3) is 0 Å². The van der Waals surface area contributed by atoms with Crippen molar-refractivity contribution in [3.8, 4) is 22.8 Å². The minimum absolute atomic E-state index is 0.0895. The molecular weight excluding hydrogens is 429 g/mol. The zero-order valence-corrected chi connectivity index (χ0v) is 18.5. The van der Waals surface area contributed by atoms with Gasteiger partial charge in [0, 0.05) is 30.1 Å². The topological polar surface area (TPSA) is 86.4 Å². The second-order valence-electron chi connectivity index (χ2n) is 6.93. The first-order chi connectivity index (χ1) is 14.1. The van der Waals surface area contributed by atoms with Crippen molar-refractivity contribution in [2.24, 2.45) is 0 Å². The standard InChI is InChI=1S/C21H21Cl2N3O4/c1-5-25-12(4)18(26-9-8-16(24-26)30-11(2)3)20(27)17(21(28)29)19(25)13-6-7-14(22)15(23)10-13/h6-11H,5H2,1-4H3,(H,28,29). The Kier molecular flexibility index (Phi) is 6.24. The molecule has 30 heavy (non-hydrogen) atoms. The van der Waals surface area contributed by atoms with Gasteiger partial charge in [-0.3, -0.25) is 4.79 Å². The summed E-state index contributed by atoms with van der Waals surface area (Å²) in [6.07, 6.45) is 1.49. The largest absolute Gasteiger partial charge is 0.477 e. The number of rotatable bonds is 6. The third-order valence-electron chi connectivity index (χ3n) is 4.57. The van der Waals surface area contributed by atoms with Gasteiger partial charge >= 0.3 is 5.97 Å². The van der Waals surface area contributed by atoms with Crippen LogP contribution in [0.2, 0.25) is 10.0 Å². The third-order valence-corrected chi connectivity index (χ3v) is 5.31. The van der Waals surface area contributed by atoms with Gasteiger partial charge in [0.1, 0.15) is 11.3 Å². The third kappa shape index (κ3) is 3.95. The van der Waals surface area contributed by atoms with E-state index in [-0.39, 0.29) is 28.1 Å². The number of carbonyl (C=O) groups is 1. The van der Waals surface area contributed by atoms with Gasteiger partial charge in [0.15, 0.2) is 0 Å². The number of ether oxygens (including phenoxy) is 1. The molecule has 2 aromatic heterocycles. The number of aromatic carboxylic acids is 1. The first kappa shape index (κ1) is 21.9. The molecule has 0 fully saturated rings. The quantitative estimate of drug-likeness (QED) is 0.582. The Morgan fingerprint density at radius 1 is 1.23 bits per heavy atom. The van der Waals surface area contributed by atoms with E-state index in [1.165, 1.54) is 4.68 Å². The molecular formula is C21H21Cl2N3O4. The van der Waals surface area contributed by atoms with E-state index in [9.17, 15) is 14.7 Å². The van der Waals surface area contributed by atoms with Crippen molar-refractivity contribution in [2.45, 2.75) is 40.3 Å². The number of halogens is 2. The van der Waals surface area contributed by atoms with Crippen LogP contribution in [0.1, 0.15) is 36.8 Å². The SMILES string of the molecule is CCn1c(C)c(-n2ccc(OC(C)C)n2)c(=O)c(C(=O)O)c1-c1ccc(Cl)c(Cl)c1. The van der Waals surface area contributed by atoms with Crippen LogP contribution in [0.3, 0.4) is 0 Å². The van der Waals surface area contributed by atoms with E-state index < -0.39 is 11.4 Å². The van der Waals surface area contributed by atoms with E-state index in [1.54, 1.807) is 42.0 Å². The number of hydrogen-bond acceptors (Lipinski definition) is 4. The zero-order chi connectivity index (χ0) is 22.2. The average molecular weight is 450 g/mol. The highest BCUT2D eigenvalue weighted by atomic mass is 35.5. The summed E-state index contributed by atoms with van der Waals surface area (Å²) in [7, 11) is 0. The van der Waals surface area contributed by atoms with Crippen molar-refractivity contribution in [2.75, 3.05) is 0 Å². The average Bonchev–Trinajstić information content (AvgIpc) is 3.10. The van der Waals surface area contributed by atoms with Crippen LogP contribution in [0.15, 0.2) is 35.3 Å². The molecule has 0 unspecified atom stereocenters. The molecule has 0 radical (unpaired) electrons. The van der Waals surface area contributed by atoms with Crippen molar-refractivity contribution in [3.63, 3.8) is 0 Å². The van der Waals surface area contributed by atoms with Crippen molar-refractivity contribution in [1.82, 2.24) is 14.3 Å². The molecule has 0 saturated heterocycles. The number of hydrogen-bond donors (Lipinski definition) is 1. The predicted molar refractivity (Wildman–Crippen MR) is 116 cm³/mol. The second kappa shape index (κ2) is 8.53. The molecule has 9 heteroatoms. The molecule has 158 valence electrons. The molecule has 2 heterocycles. The minimum atomic E-state index is -1.34.